The average Bonchev–Trinajstić information content (AvgIpc) is 3.20. The minimum Gasteiger partial charge on any atom is -0.331 e. The Bertz CT molecular complexity index is 1260. The van der Waals surface area contributed by atoms with Crippen LogP contribution in [0.5, 0.6) is 0 Å². The van der Waals surface area contributed by atoms with E-state index in [0.717, 1.165) is 22.2 Å². The number of benzene rings is 3. The third kappa shape index (κ3) is 5.78. The van der Waals surface area contributed by atoms with E-state index in [1.54, 1.807) is 17.8 Å². The lowest BCUT2D eigenvalue weighted by molar-refractivity contribution is 0.251. The number of anilines is 1. The van der Waals surface area contributed by atoms with Crippen molar-refractivity contribution in [2.75, 3.05) is 5.32 Å². The van der Waals surface area contributed by atoms with Gasteiger partial charge in [-0.3, -0.25) is 4.57 Å². The molecule has 4 aromatic rings. The molecule has 33 heavy (non-hydrogen) atoms. The largest absolute Gasteiger partial charge is 0.331 e. The molecule has 6 nitrogen and oxygen atoms in total. The highest BCUT2D eigenvalue weighted by Gasteiger charge is 2.16. The highest BCUT2D eigenvalue weighted by molar-refractivity contribution is 7.98. The molecule has 0 bridgehead atoms. The zero-order chi connectivity index (χ0) is 23.2. The van der Waals surface area contributed by atoms with Gasteiger partial charge < -0.3 is 10.6 Å². The lowest BCUT2D eigenvalue weighted by Gasteiger charge is -2.12. The van der Waals surface area contributed by atoms with Crippen LogP contribution >= 0.6 is 11.8 Å². The third-order valence-electron chi connectivity index (χ3n) is 5.10. The van der Waals surface area contributed by atoms with Crippen LogP contribution in [-0.4, -0.2) is 20.8 Å². The highest BCUT2D eigenvalue weighted by atomic mass is 32.2. The van der Waals surface area contributed by atoms with Crippen molar-refractivity contribution in [1.82, 2.24) is 20.1 Å². The summed E-state index contributed by atoms with van der Waals surface area (Å²) >= 11 is 1.59. The summed E-state index contributed by atoms with van der Waals surface area (Å²) in [6.45, 7) is 4.28. The number of hydrogen-bond acceptors (Lipinski definition) is 4. The van der Waals surface area contributed by atoms with Crippen LogP contribution in [0.1, 0.15) is 22.5 Å². The number of aryl methyl sites for hydroxylation is 2. The van der Waals surface area contributed by atoms with Gasteiger partial charge in [-0.2, -0.15) is 0 Å². The number of halogens is 1. The Morgan fingerprint density at radius 3 is 2.55 bits per heavy atom. The van der Waals surface area contributed by atoms with Crippen LogP contribution in [0.25, 0.3) is 5.69 Å². The predicted molar refractivity (Wildman–Crippen MR) is 129 cm³/mol. The number of hydrogen-bond donors (Lipinski definition) is 2. The summed E-state index contributed by atoms with van der Waals surface area (Å²) in [5.74, 6) is 0.937. The van der Waals surface area contributed by atoms with Crippen LogP contribution in [0.3, 0.4) is 0 Å². The van der Waals surface area contributed by atoms with Gasteiger partial charge >= 0.3 is 6.03 Å². The van der Waals surface area contributed by atoms with Crippen molar-refractivity contribution in [3.05, 3.63) is 101 Å². The number of amides is 2. The minimum atomic E-state index is -0.451. The molecule has 0 unspecified atom stereocenters. The number of aromatic nitrogens is 3. The second-order valence-corrected chi connectivity index (χ2v) is 8.55. The highest BCUT2D eigenvalue weighted by Crippen LogP contribution is 2.26. The molecule has 0 atom stereocenters. The van der Waals surface area contributed by atoms with E-state index in [4.69, 9.17) is 0 Å². The van der Waals surface area contributed by atoms with Gasteiger partial charge in [0.15, 0.2) is 11.0 Å². The summed E-state index contributed by atoms with van der Waals surface area (Å²) in [6, 6.07) is 21.6. The molecule has 0 aliphatic carbocycles. The second-order valence-electron chi connectivity index (χ2n) is 7.60. The molecule has 0 saturated heterocycles. The lowest BCUT2D eigenvalue weighted by Crippen LogP contribution is -2.29. The number of nitrogens with zero attached hydrogens (tertiary/aromatic N) is 3. The average molecular weight is 462 g/mol. The molecule has 1 aromatic heterocycles. The van der Waals surface area contributed by atoms with Crippen LogP contribution in [0.2, 0.25) is 0 Å². The molecule has 4 rings (SSSR count). The molecule has 2 N–H and O–H groups in total. The van der Waals surface area contributed by atoms with Gasteiger partial charge in [-0.15, -0.1) is 10.2 Å². The summed E-state index contributed by atoms with van der Waals surface area (Å²) in [4.78, 5) is 12.3. The van der Waals surface area contributed by atoms with Crippen molar-refractivity contribution in [2.45, 2.75) is 31.3 Å². The van der Waals surface area contributed by atoms with Gasteiger partial charge in [-0.25, -0.2) is 9.18 Å². The summed E-state index contributed by atoms with van der Waals surface area (Å²) in [6.07, 6.45) is 0. The van der Waals surface area contributed by atoms with E-state index in [0.29, 0.717) is 11.5 Å². The van der Waals surface area contributed by atoms with Gasteiger partial charge in [0.2, 0.25) is 0 Å². The predicted octanol–water partition coefficient (Wildman–Crippen LogP) is 5.64. The molecule has 0 aliphatic heterocycles. The molecular weight excluding hydrogens is 437 g/mol. The molecule has 8 heteroatoms. The summed E-state index contributed by atoms with van der Waals surface area (Å²) < 4.78 is 15.3. The van der Waals surface area contributed by atoms with Crippen LogP contribution in [0.15, 0.2) is 78.0 Å². The number of thioether (sulfide) groups is 1. The Balaban J connectivity index is 1.52. The fourth-order valence-corrected chi connectivity index (χ4v) is 4.32. The number of rotatable bonds is 7. The molecule has 0 fully saturated rings. The van der Waals surface area contributed by atoms with Crippen LogP contribution < -0.4 is 10.6 Å². The van der Waals surface area contributed by atoms with Gasteiger partial charge in [0.1, 0.15) is 5.82 Å². The molecule has 2 amide bonds. The Morgan fingerprint density at radius 2 is 1.79 bits per heavy atom. The molecule has 0 saturated carbocycles. The van der Waals surface area contributed by atoms with Crippen molar-refractivity contribution in [1.29, 1.82) is 0 Å². The van der Waals surface area contributed by atoms with Gasteiger partial charge in [0.05, 0.1) is 6.54 Å². The van der Waals surface area contributed by atoms with E-state index in [1.165, 1.54) is 29.3 Å². The zero-order valence-electron chi connectivity index (χ0n) is 18.4. The van der Waals surface area contributed by atoms with Crippen LogP contribution in [0, 0.1) is 19.7 Å². The fraction of sp³-hybridized carbons (Fsp3) is 0.160. The number of urea groups is 1. The number of carbonyl (C=O) groups is 1. The van der Waals surface area contributed by atoms with Gasteiger partial charge in [-0.05, 0) is 55.3 Å². The standard InChI is InChI=1S/C25H24FN5OS/c1-17-10-12-22(13-11-17)31-23(15-27-24(32)28-21-9-5-8-20(26)14-21)29-30-25(31)33-16-19-7-4-3-6-18(19)2/h3-14H,15-16H2,1-2H3,(H2,27,28,32). The molecule has 168 valence electrons. The normalized spacial score (nSPS) is 10.8. The van der Waals surface area contributed by atoms with Crippen molar-refractivity contribution >= 4 is 23.5 Å². The molecule has 0 aliphatic rings. The Morgan fingerprint density at radius 1 is 1.00 bits per heavy atom. The third-order valence-corrected chi connectivity index (χ3v) is 6.08. The Hall–Kier alpha value is -3.65. The summed E-state index contributed by atoms with van der Waals surface area (Å²) in [5.41, 5.74) is 4.90. The molecule has 1 heterocycles. The first-order valence-corrected chi connectivity index (χ1v) is 11.5. The second kappa shape index (κ2) is 10.3. The van der Waals surface area contributed by atoms with E-state index < -0.39 is 11.8 Å². The van der Waals surface area contributed by atoms with Crippen LogP contribution in [0.4, 0.5) is 14.9 Å². The van der Waals surface area contributed by atoms with E-state index in [1.807, 2.05) is 47.9 Å². The van der Waals surface area contributed by atoms with Crippen LogP contribution in [-0.2, 0) is 12.3 Å². The van der Waals surface area contributed by atoms with E-state index >= 15 is 0 Å². The molecule has 3 aromatic carbocycles. The van der Waals surface area contributed by atoms with Crippen molar-refractivity contribution in [2.24, 2.45) is 0 Å². The first-order chi connectivity index (χ1) is 16.0. The fourth-order valence-electron chi connectivity index (χ4n) is 3.28. The SMILES string of the molecule is Cc1ccc(-n2c(CNC(=O)Nc3cccc(F)c3)nnc2SCc2ccccc2C)cc1. The quantitative estimate of drug-likeness (QED) is 0.350. The number of nitrogens with one attached hydrogen (secondary N) is 2. The first kappa shape index (κ1) is 22.5. The zero-order valence-corrected chi connectivity index (χ0v) is 19.2. The van der Waals surface area contributed by atoms with Crippen molar-refractivity contribution in [3.63, 3.8) is 0 Å². The van der Waals surface area contributed by atoms with Gasteiger partial charge in [-0.1, -0.05) is 59.8 Å². The Labute approximate surface area is 196 Å². The molecule has 0 radical (unpaired) electrons. The summed E-state index contributed by atoms with van der Waals surface area (Å²) in [5, 5.41) is 14.9. The maximum Gasteiger partial charge on any atom is 0.319 e. The van der Waals surface area contributed by atoms with Crippen molar-refractivity contribution < 1.29 is 9.18 Å². The monoisotopic (exact) mass is 461 g/mol. The van der Waals surface area contributed by atoms with E-state index in [2.05, 4.69) is 39.9 Å². The lowest BCUT2D eigenvalue weighted by atomic mass is 10.1. The van der Waals surface area contributed by atoms with Gasteiger partial charge in [0.25, 0.3) is 0 Å². The first-order valence-electron chi connectivity index (χ1n) is 10.5. The molecular formula is C25H24FN5OS. The maximum atomic E-state index is 13.4. The Kier molecular flexibility index (Phi) is 7.04. The maximum absolute atomic E-state index is 13.4. The summed E-state index contributed by atoms with van der Waals surface area (Å²) in [7, 11) is 0. The van der Waals surface area contributed by atoms with Crippen molar-refractivity contribution in [3.8, 4) is 5.69 Å². The smallest absolute Gasteiger partial charge is 0.319 e. The topological polar surface area (TPSA) is 71.8 Å². The van der Waals surface area contributed by atoms with Gasteiger partial charge in [0, 0.05) is 17.1 Å². The molecule has 0 spiro atoms. The van der Waals surface area contributed by atoms with E-state index in [-0.39, 0.29) is 6.54 Å². The van der Waals surface area contributed by atoms with E-state index in [9.17, 15) is 9.18 Å². The number of carbonyl (C=O) groups excluding carboxylic acids is 1. The minimum absolute atomic E-state index is 0.160.